The van der Waals surface area contributed by atoms with Gasteiger partial charge in [-0.2, -0.15) is 0 Å². The summed E-state index contributed by atoms with van der Waals surface area (Å²) in [5.74, 6) is 0. The van der Waals surface area contributed by atoms with Gasteiger partial charge in [-0.3, -0.25) is 0 Å². The third-order valence-corrected chi connectivity index (χ3v) is 3.78. The Morgan fingerprint density at radius 2 is 1.50 bits per heavy atom. The van der Waals surface area contributed by atoms with Gasteiger partial charge in [0, 0.05) is 6.54 Å². The van der Waals surface area contributed by atoms with Crippen LogP contribution in [0.1, 0.15) is 30.1 Å². The summed E-state index contributed by atoms with van der Waals surface area (Å²) < 4.78 is 6.40. The normalized spacial score (nSPS) is 19.1. The van der Waals surface area contributed by atoms with Gasteiger partial charge in [0.1, 0.15) is 6.10 Å². The molecular formula is C18H21NO. The number of nitrogens with one attached hydrogen (secondary N) is 1. The highest BCUT2D eigenvalue weighted by Gasteiger charge is 2.21. The summed E-state index contributed by atoms with van der Waals surface area (Å²) in [5, 5.41) is 3.42. The minimum absolute atomic E-state index is 0.0299. The number of rotatable bonds is 4. The molecule has 1 atom stereocenters. The topological polar surface area (TPSA) is 21.3 Å². The van der Waals surface area contributed by atoms with E-state index in [2.05, 4.69) is 53.8 Å². The Hall–Kier alpha value is -1.64. The summed E-state index contributed by atoms with van der Waals surface area (Å²) >= 11 is 0. The van der Waals surface area contributed by atoms with Crippen LogP contribution in [0.15, 0.2) is 60.7 Å². The zero-order valence-electron chi connectivity index (χ0n) is 11.7. The van der Waals surface area contributed by atoms with Gasteiger partial charge in [-0.1, -0.05) is 60.7 Å². The highest BCUT2D eigenvalue weighted by atomic mass is 16.5. The van der Waals surface area contributed by atoms with Gasteiger partial charge in [-0.15, -0.1) is 0 Å². The SMILES string of the molecule is c1ccc(C(O[C@@H]2CCCNC2)c2ccccc2)cc1. The maximum atomic E-state index is 6.40. The van der Waals surface area contributed by atoms with Gasteiger partial charge in [0.2, 0.25) is 0 Å². The fourth-order valence-electron chi connectivity index (χ4n) is 2.73. The van der Waals surface area contributed by atoms with E-state index in [0.717, 1.165) is 19.5 Å². The van der Waals surface area contributed by atoms with Crippen LogP contribution in [0.4, 0.5) is 0 Å². The van der Waals surface area contributed by atoms with E-state index < -0.39 is 0 Å². The van der Waals surface area contributed by atoms with Crippen LogP contribution in [0, 0.1) is 0 Å². The first-order chi connectivity index (χ1) is 9.93. The highest BCUT2D eigenvalue weighted by Crippen LogP contribution is 2.28. The second-order valence-corrected chi connectivity index (χ2v) is 5.31. The molecule has 3 rings (SSSR count). The minimum atomic E-state index is 0.0299. The Morgan fingerprint density at radius 3 is 2.00 bits per heavy atom. The lowest BCUT2D eigenvalue weighted by Crippen LogP contribution is -2.36. The molecule has 1 saturated heterocycles. The van der Waals surface area contributed by atoms with Crippen LogP contribution in [-0.2, 0) is 4.74 Å². The number of piperidine rings is 1. The standard InChI is InChI=1S/C18H21NO/c1-3-8-15(9-4-1)18(16-10-5-2-6-11-16)20-17-12-7-13-19-14-17/h1-6,8-11,17-19H,7,12-14H2/t17-/m1/s1. The van der Waals surface area contributed by atoms with Crippen LogP contribution in [0.3, 0.4) is 0 Å². The van der Waals surface area contributed by atoms with E-state index in [1.807, 2.05) is 12.1 Å². The average Bonchev–Trinajstić information content (AvgIpc) is 2.55. The maximum absolute atomic E-state index is 6.40. The van der Waals surface area contributed by atoms with Crippen molar-refractivity contribution in [2.75, 3.05) is 13.1 Å². The van der Waals surface area contributed by atoms with E-state index in [9.17, 15) is 0 Å². The summed E-state index contributed by atoms with van der Waals surface area (Å²) in [5.41, 5.74) is 2.45. The maximum Gasteiger partial charge on any atom is 0.108 e. The third-order valence-electron chi connectivity index (χ3n) is 3.78. The largest absolute Gasteiger partial charge is 0.364 e. The third kappa shape index (κ3) is 3.27. The number of ether oxygens (including phenoxy) is 1. The molecule has 104 valence electrons. The smallest absolute Gasteiger partial charge is 0.108 e. The van der Waals surface area contributed by atoms with Gasteiger partial charge in [0.25, 0.3) is 0 Å². The molecule has 1 heterocycles. The molecule has 1 N–H and O–H groups in total. The van der Waals surface area contributed by atoms with Gasteiger partial charge in [0.15, 0.2) is 0 Å². The molecule has 0 amide bonds. The van der Waals surface area contributed by atoms with Crippen molar-refractivity contribution >= 4 is 0 Å². The van der Waals surface area contributed by atoms with Crippen molar-refractivity contribution in [2.45, 2.75) is 25.0 Å². The van der Waals surface area contributed by atoms with Crippen LogP contribution >= 0.6 is 0 Å². The molecular weight excluding hydrogens is 246 g/mol. The first-order valence-corrected chi connectivity index (χ1v) is 7.39. The monoisotopic (exact) mass is 267 g/mol. The molecule has 1 aliphatic heterocycles. The fourth-order valence-corrected chi connectivity index (χ4v) is 2.73. The van der Waals surface area contributed by atoms with Crippen molar-refractivity contribution in [2.24, 2.45) is 0 Å². The number of hydrogen-bond donors (Lipinski definition) is 1. The molecule has 0 unspecified atom stereocenters. The van der Waals surface area contributed by atoms with Crippen LogP contribution in [-0.4, -0.2) is 19.2 Å². The van der Waals surface area contributed by atoms with Gasteiger partial charge in [-0.05, 0) is 30.5 Å². The predicted octanol–water partition coefficient (Wildman–Crippen LogP) is 3.54. The Labute approximate surface area is 120 Å². The van der Waals surface area contributed by atoms with Gasteiger partial charge in [-0.25, -0.2) is 0 Å². The molecule has 2 heteroatoms. The summed E-state index contributed by atoms with van der Waals surface area (Å²) in [6.07, 6.45) is 2.67. The molecule has 1 aliphatic rings. The molecule has 0 spiro atoms. The summed E-state index contributed by atoms with van der Waals surface area (Å²) in [6.45, 7) is 2.07. The van der Waals surface area contributed by atoms with Gasteiger partial charge >= 0.3 is 0 Å². The van der Waals surface area contributed by atoms with Gasteiger partial charge < -0.3 is 10.1 Å². The predicted molar refractivity (Wildman–Crippen MR) is 81.7 cm³/mol. The van der Waals surface area contributed by atoms with Crippen molar-refractivity contribution in [3.63, 3.8) is 0 Å². The first-order valence-electron chi connectivity index (χ1n) is 7.39. The zero-order valence-corrected chi connectivity index (χ0v) is 11.7. The van der Waals surface area contributed by atoms with E-state index in [1.165, 1.54) is 17.5 Å². The van der Waals surface area contributed by atoms with E-state index in [0.29, 0.717) is 6.10 Å². The Bertz CT molecular complexity index is 466. The fraction of sp³-hybridized carbons (Fsp3) is 0.333. The van der Waals surface area contributed by atoms with Crippen LogP contribution in [0.25, 0.3) is 0 Å². The second kappa shape index (κ2) is 6.69. The lowest BCUT2D eigenvalue weighted by Gasteiger charge is -2.28. The lowest BCUT2D eigenvalue weighted by atomic mass is 10.0. The second-order valence-electron chi connectivity index (χ2n) is 5.31. The van der Waals surface area contributed by atoms with Crippen LogP contribution in [0.2, 0.25) is 0 Å². The van der Waals surface area contributed by atoms with E-state index >= 15 is 0 Å². The summed E-state index contributed by atoms with van der Waals surface area (Å²) in [4.78, 5) is 0. The average molecular weight is 267 g/mol. The molecule has 0 radical (unpaired) electrons. The van der Waals surface area contributed by atoms with Gasteiger partial charge in [0.05, 0.1) is 6.10 Å². The Kier molecular flexibility index (Phi) is 4.46. The lowest BCUT2D eigenvalue weighted by molar-refractivity contribution is -0.00427. The Balaban J connectivity index is 1.83. The van der Waals surface area contributed by atoms with Crippen molar-refractivity contribution < 1.29 is 4.74 Å². The van der Waals surface area contributed by atoms with Crippen molar-refractivity contribution in [3.8, 4) is 0 Å². The van der Waals surface area contributed by atoms with E-state index in [4.69, 9.17) is 4.74 Å². The molecule has 0 bridgehead atoms. The minimum Gasteiger partial charge on any atom is -0.364 e. The molecule has 2 aromatic carbocycles. The summed E-state index contributed by atoms with van der Waals surface area (Å²) in [6, 6.07) is 21.0. The quantitative estimate of drug-likeness (QED) is 0.914. The highest BCUT2D eigenvalue weighted by molar-refractivity contribution is 5.30. The molecule has 0 saturated carbocycles. The number of hydrogen-bond acceptors (Lipinski definition) is 2. The molecule has 2 aromatic rings. The molecule has 1 fully saturated rings. The molecule has 0 aromatic heterocycles. The molecule has 2 nitrogen and oxygen atoms in total. The number of benzene rings is 2. The van der Waals surface area contributed by atoms with Crippen molar-refractivity contribution in [1.82, 2.24) is 5.32 Å². The molecule has 20 heavy (non-hydrogen) atoms. The van der Waals surface area contributed by atoms with Crippen molar-refractivity contribution in [1.29, 1.82) is 0 Å². The Morgan fingerprint density at radius 1 is 0.900 bits per heavy atom. The van der Waals surface area contributed by atoms with Crippen LogP contribution < -0.4 is 5.32 Å². The summed E-state index contributed by atoms with van der Waals surface area (Å²) in [7, 11) is 0. The van der Waals surface area contributed by atoms with Crippen LogP contribution in [0.5, 0.6) is 0 Å². The molecule has 0 aliphatic carbocycles. The van der Waals surface area contributed by atoms with Crippen molar-refractivity contribution in [3.05, 3.63) is 71.8 Å². The van der Waals surface area contributed by atoms with E-state index in [1.54, 1.807) is 0 Å². The van der Waals surface area contributed by atoms with E-state index in [-0.39, 0.29) is 6.10 Å². The zero-order chi connectivity index (χ0) is 13.6. The first kappa shape index (κ1) is 13.3.